The van der Waals surface area contributed by atoms with Crippen molar-refractivity contribution in [2.45, 2.75) is 56.7 Å². The SMILES string of the molecule is CCc1nn(C)c(CC(CSC2CCCC2)NC)c1Cl. The summed E-state index contributed by atoms with van der Waals surface area (Å²) in [7, 11) is 4.04. The lowest BCUT2D eigenvalue weighted by atomic mass is 10.1. The van der Waals surface area contributed by atoms with E-state index >= 15 is 0 Å². The molecule has 114 valence electrons. The number of nitrogens with one attached hydrogen (secondary N) is 1. The molecule has 0 radical (unpaired) electrons. The predicted octanol–water partition coefficient (Wildman–Crippen LogP) is 3.44. The number of nitrogens with zero attached hydrogens (tertiary/aromatic N) is 2. The molecule has 0 aliphatic heterocycles. The normalized spacial score (nSPS) is 17.8. The first-order valence-corrected chi connectivity index (χ1v) is 9.07. The van der Waals surface area contributed by atoms with Gasteiger partial charge in [0.2, 0.25) is 0 Å². The van der Waals surface area contributed by atoms with Gasteiger partial charge in [0.25, 0.3) is 0 Å². The molecule has 1 unspecified atom stereocenters. The van der Waals surface area contributed by atoms with Crippen LogP contribution in [0.25, 0.3) is 0 Å². The first-order valence-electron chi connectivity index (χ1n) is 7.64. The second kappa shape index (κ2) is 7.71. The fourth-order valence-electron chi connectivity index (χ4n) is 2.83. The topological polar surface area (TPSA) is 29.9 Å². The van der Waals surface area contributed by atoms with Gasteiger partial charge in [-0.3, -0.25) is 4.68 Å². The minimum Gasteiger partial charge on any atom is -0.316 e. The molecular formula is C15H26ClN3S. The van der Waals surface area contributed by atoms with Crippen molar-refractivity contribution in [1.29, 1.82) is 0 Å². The van der Waals surface area contributed by atoms with E-state index < -0.39 is 0 Å². The van der Waals surface area contributed by atoms with Crippen LogP contribution in [0.4, 0.5) is 0 Å². The third kappa shape index (κ3) is 3.92. The Bertz CT molecular complexity index is 427. The molecule has 1 atom stereocenters. The molecule has 5 heteroatoms. The summed E-state index contributed by atoms with van der Waals surface area (Å²) in [6.07, 6.45) is 7.47. The molecule has 3 nitrogen and oxygen atoms in total. The third-order valence-electron chi connectivity index (χ3n) is 4.19. The van der Waals surface area contributed by atoms with Crippen LogP contribution < -0.4 is 5.32 Å². The van der Waals surface area contributed by atoms with Gasteiger partial charge < -0.3 is 5.32 Å². The van der Waals surface area contributed by atoms with Crippen molar-refractivity contribution in [2.24, 2.45) is 7.05 Å². The molecule has 0 bridgehead atoms. The van der Waals surface area contributed by atoms with Gasteiger partial charge in [-0.15, -0.1) is 0 Å². The van der Waals surface area contributed by atoms with Crippen molar-refractivity contribution in [2.75, 3.05) is 12.8 Å². The Hall–Kier alpha value is -0.190. The number of aromatic nitrogens is 2. The largest absolute Gasteiger partial charge is 0.316 e. The summed E-state index contributed by atoms with van der Waals surface area (Å²) in [5.41, 5.74) is 2.18. The first-order chi connectivity index (χ1) is 9.65. The van der Waals surface area contributed by atoms with Gasteiger partial charge in [0.05, 0.1) is 16.4 Å². The van der Waals surface area contributed by atoms with E-state index in [1.54, 1.807) is 0 Å². The molecule has 0 saturated heterocycles. The molecule has 1 fully saturated rings. The minimum atomic E-state index is 0.471. The third-order valence-corrected chi connectivity index (χ3v) is 6.16. The fraction of sp³-hybridized carbons (Fsp3) is 0.800. The van der Waals surface area contributed by atoms with Crippen LogP contribution in [0, 0.1) is 0 Å². The summed E-state index contributed by atoms with van der Waals surface area (Å²) >= 11 is 8.57. The van der Waals surface area contributed by atoms with E-state index in [9.17, 15) is 0 Å². The summed E-state index contributed by atoms with van der Waals surface area (Å²) in [5, 5.41) is 9.68. The molecule has 1 aromatic heterocycles. The van der Waals surface area contributed by atoms with Crippen LogP contribution in [0.15, 0.2) is 0 Å². The summed E-state index contributed by atoms with van der Waals surface area (Å²) in [4.78, 5) is 0. The molecule has 0 amide bonds. The molecule has 1 saturated carbocycles. The van der Waals surface area contributed by atoms with Crippen LogP contribution in [0.1, 0.15) is 44.0 Å². The van der Waals surface area contributed by atoms with E-state index in [-0.39, 0.29) is 0 Å². The molecule has 1 N–H and O–H groups in total. The fourth-order valence-corrected chi connectivity index (χ4v) is 4.65. The maximum absolute atomic E-state index is 6.44. The zero-order valence-corrected chi connectivity index (χ0v) is 14.4. The standard InChI is InChI=1S/C15H26ClN3S/c1-4-13-15(16)14(19(3)18-13)9-11(17-2)10-20-12-7-5-6-8-12/h11-12,17H,4-10H2,1-3H3. The monoisotopic (exact) mass is 315 g/mol. The van der Waals surface area contributed by atoms with Crippen LogP contribution in [-0.4, -0.2) is 33.9 Å². The summed E-state index contributed by atoms with van der Waals surface area (Å²) in [6.45, 7) is 2.10. The minimum absolute atomic E-state index is 0.471. The Labute approximate surface area is 131 Å². The van der Waals surface area contributed by atoms with Crippen LogP contribution in [-0.2, 0) is 19.9 Å². The molecule has 1 heterocycles. The van der Waals surface area contributed by atoms with E-state index in [1.165, 1.54) is 25.7 Å². The first kappa shape index (κ1) is 16.2. The summed E-state index contributed by atoms with van der Waals surface area (Å²) < 4.78 is 1.95. The van der Waals surface area contributed by atoms with Crippen molar-refractivity contribution >= 4 is 23.4 Å². The second-order valence-electron chi connectivity index (χ2n) is 5.61. The van der Waals surface area contributed by atoms with E-state index in [1.807, 2.05) is 18.8 Å². The Morgan fingerprint density at radius 1 is 1.45 bits per heavy atom. The number of hydrogen-bond donors (Lipinski definition) is 1. The highest BCUT2D eigenvalue weighted by atomic mass is 35.5. The zero-order chi connectivity index (χ0) is 14.5. The number of hydrogen-bond acceptors (Lipinski definition) is 3. The Balaban J connectivity index is 1.93. The smallest absolute Gasteiger partial charge is 0.0850 e. The summed E-state index contributed by atoms with van der Waals surface area (Å²) in [6, 6.07) is 0.471. The Morgan fingerprint density at radius 2 is 2.15 bits per heavy atom. The predicted molar refractivity (Wildman–Crippen MR) is 88.9 cm³/mol. The van der Waals surface area contributed by atoms with Gasteiger partial charge in [-0.2, -0.15) is 16.9 Å². The van der Waals surface area contributed by atoms with Gasteiger partial charge in [-0.05, 0) is 26.3 Å². The van der Waals surface area contributed by atoms with E-state index in [2.05, 4.69) is 29.1 Å². The number of likely N-dealkylation sites (N-methyl/N-ethyl adjacent to an activating group) is 1. The van der Waals surface area contributed by atoms with Gasteiger partial charge in [-0.25, -0.2) is 0 Å². The Kier molecular flexibility index (Phi) is 6.24. The molecule has 0 aromatic carbocycles. The van der Waals surface area contributed by atoms with Crippen LogP contribution in [0.2, 0.25) is 5.02 Å². The highest BCUT2D eigenvalue weighted by molar-refractivity contribution is 7.99. The molecule has 0 spiro atoms. The van der Waals surface area contributed by atoms with Crippen molar-refractivity contribution in [3.63, 3.8) is 0 Å². The van der Waals surface area contributed by atoms with E-state index in [0.717, 1.165) is 40.3 Å². The van der Waals surface area contributed by atoms with E-state index in [4.69, 9.17) is 11.6 Å². The molecule has 1 aliphatic rings. The number of thioether (sulfide) groups is 1. The average molecular weight is 316 g/mol. The quantitative estimate of drug-likeness (QED) is 0.836. The number of rotatable bonds is 7. The molecular weight excluding hydrogens is 290 g/mol. The van der Waals surface area contributed by atoms with Crippen molar-refractivity contribution < 1.29 is 0 Å². The zero-order valence-electron chi connectivity index (χ0n) is 12.8. The molecule has 20 heavy (non-hydrogen) atoms. The number of aryl methyl sites for hydroxylation is 2. The second-order valence-corrected chi connectivity index (χ2v) is 7.33. The van der Waals surface area contributed by atoms with Gasteiger partial charge in [0.15, 0.2) is 0 Å². The molecule has 1 aliphatic carbocycles. The van der Waals surface area contributed by atoms with Gasteiger partial charge in [0, 0.05) is 30.5 Å². The van der Waals surface area contributed by atoms with Gasteiger partial charge in [-0.1, -0.05) is 31.4 Å². The molecule has 1 aromatic rings. The Morgan fingerprint density at radius 3 is 2.70 bits per heavy atom. The van der Waals surface area contributed by atoms with Crippen molar-refractivity contribution in [3.05, 3.63) is 16.4 Å². The van der Waals surface area contributed by atoms with Crippen LogP contribution >= 0.6 is 23.4 Å². The lowest BCUT2D eigenvalue weighted by Gasteiger charge is -2.18. The number of halogens is 1. The maximum atomic E-state index is 6.44. The van der Waals surface area contributed by atoms with Crippen LogP contribution in [0.5, 0.6) is 0 Å². The lowest BCUT2D eigenvalue weighted by Crippen LogP contribution is -2.31. The van der Waals surface area contributed by atoms with E-state index in [0.29, 0.717) is 6.04 Å². The maximum Gasteiger partial charge on any atom is 0.0850 e. The highest BCUT2D eigenvalue weighted by Gasteiger charge is 2.20. The van der Waals surface area contributed by atoms with Crippen molar-refractivity contribution in [1.82, 2.24) is 15.1 Å². The van der Waals surface area contributed by atoms with Gasteiger partial charge >= 0.3 is 0 Å². The van der Waals surface area contributed by atoms with Crippen molar-refractivity contribution in [3.8, 4) is 0 Å². The summed E-state index contributed by atoms with van der Waals surface area (Å²) in [5.74, 6) is 1.16. The van der Waals surface area contributed by atoms with Crippen LogP contribution in [0.3, 0.4) is 0 Å². The average Bonchev–Trinajstić information content (AvgIpc) is 3.05. The van der Waals surface area contributed by atoms with Gasteiger partial charge in [0.1, 0.15) is 0 Å². The highest BCUT2D eigenvalue weighted by Crippen LogP contribution is 2.30. The molecule has 2 rings (SSSR count). The lowest BCUT2D eigenvalue weighted by molar-refractivity contribution is 0.580.